The average molecular weight is 444 g/mol. The highest BCUT2D eigenvalue weighted by atomic mass is 35.5. The molecular weight excluding hydrogens is 414 g/mol. The van der Waals surface area contributed by atoms with Crippen LogP contribution in [0.5, 0.6) is 0 Å². The zero-order valence-electron chi connectivity index (χ0n) is 18.3. The maximum atomic E-state index is 6.17. The van der Waals surface area contributed by atoms with Gasteiger partial charge in [0, 0.05) is 17.1 Å². The molecule has 3 rings (SSSR count). The van der Waals surface area contributed by atoms with Gasteiger partial charge in [-0.25, -0.2) is 0 Å². The van der Waals surface area contributed by atoms with E-state index in [0.29, 0.717) is 18.5 Å². The van der Waals surface area contributed by atoms with Crippen LogP contribution in [-0.2, 0) is 6.54 Å². The molecule has 0 saturated carbocycles. The molecule has 1 unspecified atom stereocenters. The minimum absolute atomic E-state index is 0.0528. The molecule has 30 heavy (non-hydrogen) atoms. The highest BCUT2D eigenvalue weighted by Gasteiger charge is 2.30. The lowest BCUT2D eigenvalue weighted by Crippen LogP contribution is -2.52. The quantitative estimate of drug-likeness (QED) is 0.415. The number of benzene rings is 2. The molecule has 0 amide bonds. The minimum Gasteiger partial charge on any atom is -0.423 e. The summed E-state index contributed by atoms with van der Waals surface area (Å²) in [5.74, 6) is 0.451. The number of oxazole rings is 1. The van der Waals surface area contributed by atoms with Crippen molar-refractivity contribution in [2.24, 2.45) is 5.92 Å². The Morgan fingerprint density at radius 3 is 2.40 bits per heavy atom. The number of halogens is 1. The Labute approximate surface area is 189 Å². The van der Waals surface area contributed by atoms with Crippen LogP contribution in [0.2, 0.25) is 5.02 Å². The van der Waals surface area contributed by atoms with E-state index in [-0.39, 0.29) is 11.6 Å². The number of rotatable bonds is 7. The highest BCUT2D eigenvalue weighted by Crippen LogP contribution is 2.28. The Morgan fingerprint density at radius 2 is 1.80 bits per heavy atom. The Balaban J connectivity index is 2.03. The Bertz CT molecular complexity index is 959. The standard InChI is InChI=1S/C24H30ClN3OS/c1-16(2)14-20(22(30)27-24(3,4)5)28(15-17-10-12-18(25)13-11-17)23-26-19-8-6-7-9-21(19)29-23/h6-13,16,20H,14-15H2,1-5H3,(H,27,30). The van der Waals surface area contributed by atoms with Crippen LogP contribution in [0.3, 0.4) is 0 Å². The number of thiocarbonyl (C=S) groups is 1. The first-order valence-electron chi connectivity index (χ1n) is 10.3. The number of nitrogens with one attached hydrogen (secondary N) is 1. The SMILES string of the molecule is CC(C)CC(C(=S)NC(C)(C)C)N(Cc1ccc(Cl)cc1)c1nc2ccccc2o1. The molecule has 0 aliphatic heterocycles. The van der Waals surface area contributed by atoms with Crippen LogP contribution in [0.4, 0.5) is 6.01 Å². The molecular formula is C24H30ClN3OS. The Morgan fingerprint density at radius 1 is 1.13 bits per heavy atom. The third kappa shape index (κ3) is 5.96. The van der Waals surface area contributed by atoms with E-state index in [1.165, 1.54) is 0 Å². The smallest absolute Gasteiger partial charge is 0.299 e. The van der Waals surface area contributed by atoms with Gasteiger partial charge in [0.25, 0.3) is 6.01 Å². The summed E-state index contributed by atoms with van der Waals surface area (Å²) in [4.78, 5) is 7.75. The van der Waals surface area contributed by atoms with E-state index in [2.05, 4.69) is 44.8 Å². The van der Waals surface area contributed by atoms with Crippen LogP contribution in [0.1, 0.15) is 46.6 Å². The van der Waals surface area contributed by atoms with Crippen molar-refractivity contribution in [2.45, 2.75) is 59.2 Å². The van der Waals surface area contributed by atoms with Gasteiger partial charge >= 0.3 is 0 Å². The first kappa shape index (κ1) is 22.6. The highest BCUT2D eigenvalue weighted by molar-refractivity contribution is 7.80. The normalized spacial score (nSPS) is 12.9. The van der Waals surface area contributed by atoms with Gasteiger partial charge in [0.2, 0.25) is 0 Å². The molecule has 0 fully saturated rings. The van der Waals surface area contributed by atoms with Gasteiger partial charge in [-0.2, -0.15) is 4.98 Å². The maximum absolute atomic E-state index is 6.17. The molecule has 1 N–H and O–H groups in total. The molecule has 0 aliphatic carbocycles. The fraction of sp³-hybridized carbons (Fsp3) is 0.417. The largest absolute Gasteiger partial charge is 0.423 e. The summed E-state index contributed by atoms with van der Waals surface area (Å²) in [5, 5.41) is 4.22. The Kier molecular flexibility index (Phi) is 7.04. The second-order valence-electron chi connectivity index (χ2n) is 9.10. The summed E-state index contributed by atoms with van der Waals surface area (Å²) in [6.07, 6.45) is 0.883. The second-order valence-corrected chi connectivity index (χ2v) is 9.98. The van der Waals surface area contributed by atoms with Crippen LogP contribution in [0.15, 0.2) is 52.9 Å². The monoisotopic (exact) mass is 443 g/mol. The van der Waals surface area contributed by atoms with E-state index in [0.717, 1.165) is 33.1 Å². The number of fused-ring (bicyclic) bond motifs is 1. The van der Waals surface area contributed by atoms with Gasteiger partial charge in [-0.3, -0.25) is 0 Å². The van der Waals surface area contributed by atoms with E-state index in [4.69, 9.17) is 33.2 Å². The lowest BCUT2D eigenvalue weighted by Gasteiger charge is -2.35. The number of hydrogen-bond acceptors (Lipinski definition) is 4. The third-order valence-electron chi connectivity index (χ3n) is 4.67. The van der Waals surface area contributed by atoms with Crippen molar-refractivity contribution in [3.05, 3.63) is 59.1 Å². The van der Waals surface area contributed by atoms with Crippen molar-refractivity contribution < 1.29 is 4.42 Å². The lowest BCUT2D eigenvalue weighted by molar-refractivity contribution is 0.463. The van der Waals surface area contributed by atoms with Crippen LogP contribution in [0, 0.1) is 5.92 Å². The zero-order chi connectivity index (χ0) is 21.9. The van der Waals surface area contributed by atoms with Gasteiger partial charge < -0.3 is 14.6 Å². The minimum atomic E-state index is -0.125. The summed E-state index contributed by atoms with van der Waals surface area (Å²) < 4.78 is 6.17. The summed E-state index contributed by atoms with van der Waals surface area (Å²) >= 11 is 12.0. The number of nitrogens with zero attached hydrogens (tertiary/aromatic N) is 2. The summed E-state index contributed by atoms with van der Waals surface area (Å²) in [7, 11) is 0. The van der Waals surface area contributed by atoms with Crippen molar-refractivity contribution in [2.75, 3.05) is 4.90 Å². The van der Waals surface area contributed by atoms with Gasteiger partial charge in [-0.1, -0.05) is 61.9 Å². The van der Waals surface area contributed by atoms with E-state index in [1.54, 1.807) is 0 Å². The first-order valence-corrected chi connectivity index (χ1v) is 11.1. The van der Waals surface area contributed by atoms with E-state index >= 15 is 0 Å². The van der Waals surface area contributed by atoms with E-state index in [1.807, 2.05) is 48.5 Å². The number of para-hydroxylation sites is 2. The van der Waals surface area contributed by atoms with Crippen molar-refractivity contribution in [1.29, 1.82) is 0 Å². The molecule has 0 spiro atoms. The van der Waals surface area contributed by atoms with Crippen molar-refractivity contribution >= 4 is 45.9 Å². The maximum Gasteiger partial charge on any atom is 0.299 e. The lowest BCUT2D eigenvalue weighted by atomic mass is 10.00. The number of hydrogen-bond donors (Lipinski definition) is 1. The number of aromatic nitrogens is 1. The predicted octanol–water partition coefficient (Wildman–Crippen LogP) is 6.62. The summed E-state index contributed by atoms with van der Waals surface area (Å²) in [5.41, 5.74) is 2.60. The second kappa shape index (κ2) is 9.36. The van der Waals surface area contributed by atoms with E-state index in [9.17, 15) is 0 Å². The van der Waals surface area contributed by atoms with Gasteiger partial charge in [0.15, 0.2) is 5.58 Å². The summed E-state index contributed by atoms with van der Waals surface area (Å²) in [6.45, 7) is 11.4. The molecule has 2 aromatic carbocycles. The van der Waals surface area contributed by atoms with Crippen LogP contribution < -0.4 is 10.2 Å². The molecule has 1 atom stereocenters. The first-order chi connectivity index (χ1) is 14.1. The van der Waals surface area contributed by atoms with E-state index < -0.39 is 0 Å². The van der Waals surface area contributed by atoms with Gasteiger partial charge in [0.1, 0.15) is 5.52 Å². The molecule has 3 aromatic rings. The van der Waals surface area contributed by atoms with Crippen LogP contribution in [0.25, 0.3) is 11.1 Å². The fourth-order valence-corrected chi connectivity index (χ4v) is 4.01. The van der Waals surface area contributed by atoms with Crippen molar-refractivity contribution in [1.82, 2.24) is 10.3 Å². The molecule has 0 radical (unpaired) electrons. The number of anilines is 1. The van der Waals surface area contributed by atoms with Crippen molar-refractivity contribution in [3.63, 3.8) is 0 Å². The molecule has 6 heteroatoms. The van der Waals surface area contributed by atoms with Crippen LogP contribution in [-0.4, -0.2) is 21.6 Å². The molecule has 0 aliphatic rings. The molecule has 0 saturated heterocycles. The van der Waals surface area contributed by atoms with Crippen molar-refractivity contribution in [3.8, 4) is 0 Å². The topological polar surface area (TPSA) is 41.3 Å². The molecule has 0 bridgehead atoms. The fourth-order valence-electron chi connectivity index (χ4n) is 3.36. The molecule has 160 valence electrons. The molecule has 1 aromatic heterocycles. The average Bonchev–Trinajstić information content (AvgIpc) is 3.08. The molecule has 4 nitrogen and oxygen atoms in total. The van der Waals surface area contributed by atoms with Gasteiger partial charge in [-0.05, 0) is 62.9 Å². The van der Waals surface area contributed by atoms with Gasteiger partial charge in [0.05, 0.1) is 11.0 Å². The Hall–Kier alpha value is -2.11. The predicted molar refractivity (Wildman–Crippen MR) is 130 cm³/mol. The summed E-state index contributed by atoms with van der Waals surface area (Å²) in [6, 6.07) is 16.2. The van der Waals surface area contributed by atoms with Crippen LogP contribution >= 0.6 is 23.8 Å². The van der Waals surface area contributed by atoms with Gasteiger partial charge in [-0.15, -0.1) is 0 Å². The molecule has 1 heterocycles. The zero-order valence-corrected chi connectivity index (χ0v) is 19.8. The third-order valence-corrected chi connectivity index (χ3v) is 5.29.